The van der Waals surface area contributed by atoms with Crippen LogP contribution in [0.5, 0.6) is 0 Å². The van der Waals surface area contributed by atoms with E-state index in [1.807, 2.05) is 0 Å². The van der Waals surface area contributed by atoms with Gasteiger partial charge in [-0.3, -0.25) is 4.90 Å². The average Bonchev–Trinajstić information content (AvgIpc) is 2.66. The average molecular weight is 234 g/mol. The molecule has 0 amide bonds. The van der Waals surface area contributed by atoms with Crippen LogP contribution in [0.4, 0.5) is 0 Å². The highest BCUT2D eigenvalue weighted by molar-refractivity contribution is 5.20. The van der Waals surface area contributed by atoms with E-state index in [-0.39, 0.29) is 0 Å². The van der Waals surface area contributed by atoms with Gasteiger partial charge in [0.2, 0.25) is 0 Å². The van der Waals surface area contributed by atoms with Crippen molar-refractivity contribution in [1.29, 1.82) is 0 Å². The van der Waals surface area contributed by atoms with Crippen LogP contribution in [0.15, 0.2) is 10.5 Å². The van der Waals surface area contributed by atoms with Crippen LogP contribution in [0, 0.1) is 19.3 Å². The van der Waals surface area contributed by atoms with Crippen LogP contribution < -0.4 is 5.32 Å². The van der Waals surface area contributed by atoms with Gasteiger partial charge in [-0.05, 0) is 31.6 Å². The summed E-state index contributed by atoms with van der Waals surface area (Å²) in [6.07, 6.45) is 5.33. The van der Waals surface area contributed by atoms with Gasteiger partial charge in [-0.25, -0.2) is 0 Å². The Hall–Kier alpha value is -1.24. The normalized spacial score (nSPS) is 10.8. The molecular weight excluding hydrogens is 212 g/mol. The summed E-state index contributed by atoms with van der Waals surface area (Å²) in [5.41, 5.74) is 1.21. The second-order valence-corrected chi connectivity index (χ2v) is 4.11. The number of hydrogen-bond donors (Lipinski definition) is 1. The second kappa shape index (κ2) is 7.16. The van der Waals surface area contributed by atoms with E-state index >= 15 is 0 Å². The van der Waals surface area contributed by atoms with Crippen molar-refractivity contribution in [3.8, 4) is 12.3 Å². The molecule has 0 spiro atoms. The van der Waals surface area contributed by atoms with Gasteiger partial charge < -0.3 is 9.73 Å². The number of rotatable bonds is 7. The fourth-order valence-electron chi connectivity index (χ4n) is 1.71. The third-order valence-electron chi connectivity index (χ3n) is 2.75. The van der Waals surface area contributed by atoms with Crippen LogP contribution in [0.25, 0.3) is 0 Å². The van der Waals surface area contributed by atoms with Crippen LogP contribution in [-0.2, 0) is 13.1 Å². The summed E-state index contributed by atoms with van der Waals surface area (Å²) in [4.78, 5) is 2.18. The van der Waals surface area contributed by atoms with Gasteiger partial charge in [0.05, 0.1) is 19.6 Å². The molecule has 3 nitrogen and oxygen atoms in total. The van der Waals surface area contributed by atoms with Gasteiger partial charge in [-0.15, -0.1) is 6.42 Å². The molecule has 1 N–H and O–H groups in total. The standard InChI is InChI=1S/C14H22N2O/c1-5-8-16(7-3)11-13-9-12(4)14(17-13)10-15-6-2/h1,9,15H,6-8,10-11H2,2-4H3. The van der Waals surface area contributed by atoms with Gasteiger partial charge in [0, 0.05) is 0 Å². The molecule has 1 heterocycles. The lowest BCUT2D eigenvalue weighted by Crippen LogP contribution is -2.22. The minimum Gasteiger partial charge on any atom is -0.463 e. The van der Waals surface area contributed by atoms with Gasteiger partial charge in [0.25, 0.3) is 0 Å². The van der Waals surface area contributed by atoms with Crippen LogP contribution in [-0.4, -0.2) is 24.5 Å². The number of nitrogens with one attached hydrogen (secondary N) is 1. The Bertz CT molecular complexity index is 376. The van der Waals surface area contributed by atoms with Crippen molar-refractivity contribution in [3.05, 3.63) is 23.2 Å². The van der Waals surface area contributed by atoms with Gasteiger partial charge >= 0.3 is 0 Å². The van der Waals surface area contributed by atoms with Crippen molar-refractivity contribution >= 4 is 0 Å². The number of aryl methyl sites for hydroxylation is 1. The molecular formula is C14H22N2O. The fourth-order valence-corrected chi connectivity index (χ4v) is 1.71. The molecule has 0 aliphatic carbocycles. The first-order chi connectivity index (χ1) is 8.21. The van der Waals surface area contributed by atoms with E-state index in [2.05, 4.69) is 43.0 Å². The molecule has 1 aromatic heterocycles. The van der Waals surface area contributed by atoms with E-state index in [4.69, 9.17) is 10.8 Å². The van der Waals surface area contributed by atoms with Crippen molar-refractivity contribution in [2.45, 2.75) is 33.9 Å². The molecule has 1 rings (SSSR count). The highest BCUT2D eigenvalue weighted by Crippen LogP contribution is 2.16. The van der Waals surface area contributed by atoms with Crippen LogP contribution in [0.1, 0.15) is 30.9 Å². The van der Waals surface area contributed by atoms with Gasteiger partial charge in [-0.2, -0.15) is 0 Å². The zero-order valence-electron chi connectivity index (χ0n) is 11.0. The number of hydrogen-bond acceptors (Lipinski definition) is 3. The maximum atomic E-state index is 5.82. The van der Waals surface area contributed by atoms with E-state index < -0.39 is 0 Å². The Balaban J connectivity index is 2.62. The molecule has 0 saturated heterocycles. The van der Waals surface area contributed by atoms with E-state index in [9.17, 15) is 0 Å². The topological polar surface area (TPSA) is 28.4 Å². The Labute approximate surface area is 104 Å². The van der Waals surface area contributed by atoms with Gasteiger partial charge in [0.1, 0.15) is 11.5 Å². The minimum absolute atomic E-state index is 0.665. The molecule has 94 valence electrons. The predicted octanol–water partition coefficient (Wildman–Crippen LogP) is 2.15. The zero-order valence-corrected chi connectivity index (χ0v) is 11.0. The van der Waals surface area contributed by atoms with E-state index in [1.54, 1.807) is 0 Å². The summed E-state index contributed by atoms with van der Waals surface area (Å²) in [5.74, 6) is 4.69. The molecule has 17 heavy (non-hydrogen) atoms. The molecule has 0 saturated carbocycles. The predicted molar refractivity (Wildman–Crippen MR) is 70.6 cm³/mol. The summed E-state index contributed by atoms with van der Waals surface area (Å²) >= 11 is 0. The fraction of sp³-hybridized carbons (Fsp3) is 0.571. The third-order valence-corrected chi connectivity index (χ3v) is 2.75. The van der Waals surface area contributed by atoms with Crippen molar-refractivity contribution in [2.24, 2.45) is 0 Å². The first-order valence-corrected chi connectivity index (χ1v) is 6.15. The van der Waals surface area contributed by atoms with Crippen LogP contribution in [0.3, 0.4) is 0 Å². The molecule has 0 unspecified atom stereocenters. The third kappa shape index (κ3) is 4.26. The van der Waals surface area contributed by atoms with Gasteiger partial charge in [-0.1, -0.05) is 19.8 Å². The molecule has 0 aromatic carbocycles. The van der Waals surface area contributed by atoms with Crippen LogP contribution in [0.2, 0.25) is 0 Å². The highest BCUT2D eigenvalue weighted by Gasteiger charge is 2.09. The van der Waals surface area contributed by atoms with E-state index in [1.165, 1.54) is 5.56 Å². The van der Waals surface area contributed by atoms with E-state index in [0.717, 1.165) is 37.7 Å². The number of nitrogens with zero attached hydrogens (tertiary/aromatic N) is 1. The Morgan fingerprint density at radius 1 is 1.47 bits per heavy atom. The number of terminal acetylenes is 1. The smallest absolute Gasteiger partial charge is 0.120 e. The zero-order chi connectivity index (χ0) is 12.7. The second-order valence-electron chi connectivity index (χ2n) is 4.11. The lowest BCUT2D eigenvalue weighted by atomic mass is 10.2. The summed E-state index contributed by atoms with van der Waals surface area (Å²) in [7, 11) is 0. The van der Waals surface area contributed by atoms with Crippen molar-refractivity contribution in [2.75, 3.05) is 19.6 Å². The Morgan fingerprint density at radius 3 is 2.82 bits per heavy atom. The summed E-state index contributed by atoms with van der Waals surface area (Å²) < 4.78 is 5.82. The summed E-state index contributed by atoms with van der Waals surface area (Å²) in [6, 6.07) is 2.10. The van der Waals surface area contributed by atoms with E-state index in [0.29, 0.717) is 6.54 Å². The molecule has 0 fully saturated rings. The largest absolute Gasteiger partial charge is 0.463 e. The number of furan rings is 1. The van der Waals surface area contributed by atoms with Crippen molar-refractivity contribution < 1.29 is 4.42 Å². The first-order valence-electron chi connectivity index (χ1n) is 6.15. The van der Waals surface area contributed by atoms with Crippen LogP contribution >= 0.6 is 0 Å². The first kappa shape index (κ1) is 13.8. The quantitative estimate of drug-likeness (QED) is 0.733. The van der Waals surface area contributed by atoms with Gasteiger partial charge in [0.15, 0.2) is 0 Å². The summed E-state index contributed by atoms with van der Waals surface area (Å²) in [5, 5.41) is 3.27. The monoisotopic (exact) mass is 234 g/mol. The molecule has 3 heteroatoms. The molecule has 1 aromatic rings. The minimum atomic E-state index is 0.665. The maximum absolute atomic E-state index is 5.82. The van der Waals surface area contributed by atoms with Crippen molar-refractivity contribution in [1.82, 2.24) is 10.2 Å². The summed E-state index contributed by atoms with van der Waals surface area (Å²) in [6.45, 7) is 10.4. The SMILES string of the molecule is C#CCN(CC)Cc1cc(C)c(CNCC)o1. The molecule has 0 bridgehead atoms. The maximum Gasteiger partial charge on any atom is 0.120 e. The molecule has 0 atom stereocenters. The Morgan fingerprint density at radius 2 is 2.24 bits per heavy atom. The lowest BCUT2D eigenvalue weighted by molar-refractivity contribution is 0.280. The highest BCUT2D eigenvalue weighted by atomic mass is 16.3. The molecule has 0 aliphatic heterocycles. The van der Waals surface area contributed by atoms with Crippen molar-refractivity contribution in [3.63, 3.8) is 0 Å². The lowest BCUT2D eigenvalue weighted by Gasteiger charge is -2.15. The Kier molecular flexibility index (Phi) is 5.82. The molecule has 0 radical (unpaired) electrons. The molecule has 0 aliphatic rings.